The van der Waals surface area contributed by atoms with Gasteiger partial charge in [-0.05, 0) is 38.2 Å². The van der Waals surface area contributed by atoms with Crippen molar-refractivity contribution in [1.82, 2.24) is 9.47 Å². The summed E-state index contributed by atoms with van der Waals surface area (Å²) in [6, 6.07) is 8.86. The van der Waals surface area contributed by atoms with Crippen LogP contribution in [0.5, 0.6) is 0 Å². The molecule has 4 rings (SSSR count). The van der Waals surface area contributed by atoms with Gasteiger partial charge in [0.25, 0.3) is 0 Å². The molecule has 0 amide bonds. The van der Waals surface area contributed by atoms with Gasteiger partial charge < -0.3 is 9.47 Å². The van der Waals surface area contributed by atoms with Gasteiger partial charge in [-0.25, -0.2) is 0 Å². The summed E-state index contributed by atoms with van der Waals surface area (Å²) in [5.74, 6) is 0. The predicted molar refractivity (Wildman–Crippen MR) is 84.6 cm³/mol. The molecule has 0 atom stereocenters. The first-order chi connectivity index (χ1) is 9.86. The van der Waals surface area contributed by atoms with Crippen LogP contribution in [0.1, 0.15) is 36.9 Å². The lowest BCUT2D eigenvalue weighted by Crippen LogP contribution is -2.29. The Labute approximate surface area is 120 Å². The standard InChI is InChI=1S/C18H22N2/c1-19-15-9-4-3-8-14(15)18-16(19)10-7-11-17(18)20-12-5-2-6-13-20/h3-4,8-9,11H,2,5-7,10,12-13H2,1H3. The Morgan fingerprint density at radius 1 is 1.00 bits per heavy atom. The highest BCUT2D eigenvalue weighted by molar-refractivity contribution is 5.95. The van der Waals surface area contributed by atoms with Gasteiger partial charge in [0.05, 0.1) is 0 Å². The number of para-hydroxylation sites is 1. The van der Waals surface area contributed by atoms with Gasteiger partial charge in [-0.2, -0.15) is 0 Å². The fourth-order valence-corrected chi connectivity index (χ4v) is 3.89. The average molecular weight is 266 g/mol. The monoisotopic (exact) mass is 266 g/mol. The number of hydrogen-bond donors (Lipinski definition) is 0. The fourth-order valence-electron chi connectivity index (χ4n) is 3.89. The van der Waals surface area contributed by atoms with Crippen molar-refractivity contribution in [3.63, 3.8) is 0 Å². The Morgan fingerprint density at radius 3 is 2.65 bits per heavy atom. The van der Waals surface area contributed by atoms with E-state index in [0.717, 1.165) is 0 Å². The Hall–Kier alpha value is -1.70. The van der Waals surface area contributed by atoms with Gasteiger partial charge >= 0.3 is 0 Å². The highest BCUT2D eigenvalue weighted by Crippen LogP contribution is 2.37. The van der Waals surface area contributed by atoms with Crippen LogP contribution in [0.3, 0.4) is 0 Å². The second kappa shape index (κ2) is 4.69. The summed E-state index contributed by atoms with van der Waals surface area (Å²) in [4.78, 5) is 2.62. The van der Waals surface area contributed by atoms with Gasteiger partial charge in [0, 0.05) is 48.0 Å². The second-order valence-electron chi connectivity index (χ2n) is 6.07. The zero-order valence-corrected chi connectivity index (χ0v) is 12.2. The van der Waals surface area contributed by atoms with Crippen molar-refractivity contribution < 1.29 is 0 Å². The average Bonchev–Trinajstić information content (AvgIpc) is 2.82. The summed E-state index contributed by atoms with van der Waals surface area (Å²) >= 11 is 0. The molecule has 0 bridgehead atoms. The third kappa shape index (κ3) is 1.71. The van der Waals surface area contributed by atoms with E-state index in [1.165, 1.54) is 73.1 Å². The summed E-state index contributed by atoms with van der Waals surface area (Å²) < 4.78 is 2.40. The van der Waals surface area contributed by atoms with Gasteiger partial charge in [0.2, 0.25) is 0 Å². The van der Waals surface area contributed by atoms with Crippen LogP contribution in [0, 0.1) is 0 Å². The van der Waals surface area contributed by atoms with Gasteiger partial charge in [-0.3, -0.25) is 0 Å². The first kappa shape index (κ1) is 12.1. The summed E-state index contributed by atoms with van der Waals surface area (Å²) in [6.07, 6.45) is 8.92. The van der Waals surface area contributed by atoms with Crippen LogP contribution >= 0.6 is 0 Å². The van der Waals surface area contributed by atoms with Crippen LogP contribution in [0.15, 0.2) is 30.3 Å². The minimum Gasteiger partial charge on any atom is -0.371 e. The molecule has 0 spiro atoms. The topological polar surface area (TPSA) is 8.17 Å². The highest BCUT2D eigenvalue weighted by Gasteiger charge is 2.25. The van der Waals surface area contributed by atoms with Crippen LogP contribution in [-0.4, -0.2) is 22.6 Å². The van der Waals surface area contributed by atoms with E-state index in [0.29, 0.717) is 0 Å². The Kier molecular flexibility index (Phi) is 2.83. The molecule has 1 aromatic carbocycles. The maximum Gasteiger partial charge on any atom is 0.0486 e. The zero-order valence-electron chi connectivity index (χ0n) is 12.2. The Balaban J connectivity index is 1.89. The van der Waals surface area contributed by atoms with E-state index in [1.54, 1.807) is 0 Å². The molecule has 0 saturated carbocycles. The van der Waals surface area contributed by atoms with E-state index in [1.807, 2.05) is 0 Å². The molecule has 1 aliphatic heterocycles. The van der Waals surface area contributed by atoms with Crippen molar-refractivity contribution in [2.24, 2.45) is 7.05 Å². The molecule has 20 heavy (non-hydrogen) atoms. The van der Waals surface area contributed by atoms with Gasteiger partial charge in [-0.1, -0.05) is 24.3 Å². The Morgan fingerprint density at radius 2 is 1.80 bits per heavy atom. The molecule has 2 heterocycles. The van der Waals surface area contributed by atoms with E-state index < -0.39 is 0 Å². The molecule has 104 valence electrons. The first-order valence-electron chi connectivity index (χ1n) is 7.88. The molecule has 0 N–H and O–H groups in total. The minimum absolute atomic E-state index is 1.18. The van der Waals surface area contributed by atoms with E-state index in [9.17, 15) is 0 Å². The second-order valence-corrected chi connectivity index (χ2v) is 6.07. The Bertz CT molecular complexity index is 672. The summed E-state index contributed by atoms with van der Waals surface area (Å²) in [5, 5.41) is 1.43. The molecule has 2 aromatic rings. The van der Waals surface area contributed by atoms with Crippen molar-refractivity contribution in [1.29, 1.82) is 0 Å². The van der Waals surface area contributed by atoms with E-state index in [-0.39, 0.29) is 0 Å². The fraction of sp³-hybridized carbons (Fsp3) is 0.444. The molecule has 1 aliphatic carbocycles. The van der Waals surface area contributed by atoms with Gasteiger partial charge in [-0.15, -0.1) is 0 Å². The van der Waals surface area contributed by atoms with Crippen LogP contribution in [0.2, 0.25) is 0 Å². The first-order valence-corrected chi connectivity index (χ1v) is 7.88. The smallest absolute Gasteiger partial charge is 0.0486 e. The minimum atomic E-state index is 1.18. The molecule has 0 unspecified atom stereocenters. The maximum atomic E-state index is 2.62. The van der Waals surface area contributed by atoms with Gasteiger partial charge in [0.15, 0.2) is 0 Å². The number of rotatable bonds is 1. The lowest BCUT2D eigenvalue weighted by molar-refractivity contribution is 0.324. The molecule has 1 saturated heterocycles. The molecule has 1 aromatic heterocycles. The summed E-state index contributed by atoms with van der Waals surface area (Å²) in [6.45, 7) is 2.46. The number of nitrogens with zero attached hydrogens (tertiary/aromatic N) is 2. The van der Waals surface area contributed by atoms with Crippen molar-refractivity contribution in [2.45, 2.75) is 32.1 Å². The largest absolute Gasteiger partial charge is 0.371 e. The molecule has 2 heteroatoms. The number of piperidine rings is 1. The molecule has 0 radical (unpaired) electrons. The number of likely N-dealkylation sites (tertiary alicyclic amines) is 1. The van der Waals surface area contributed by atoms with Crippen molar-refractivity contribution in [3.05, 3.63) is 41.6 Å². The predicted octanol–water partition coefficient (Wildman–Crippen LogP) is 3.95. The molecule has 2 nitrogen and oxygen atoms in total. The third-order valence-corrected chi connectivity index (χ3v) is 4.90. The molecule has 2 aliphatic rings. The van der Waals surface area contributed by atoms with E-state index >= 15 is 0 Å². The van der Waals surface area contributed by atoms with E-state index in [2.05, 4.69) is 46.9 Å². The van der Waals surface area contributed by atoms with Crippen LogP contribution < -0.4 is 0 Å². The number of aryl methyl sites for hydroxylation is 1. The lowest BCUT2D eigenvalue weighted by Gasteiger charge is -2.33. The molecular formula is C18H22N2. The van der Waals surface area contributed by atoms with E-state index in [4.69, 9.17) is 0 Å². The normalized spacial score (nSPS) is 19.1. The van der Waals surface area contributed by atoms with Crippen LogP contribution in [0.4, 0.5) is 0 Å². The number of hydrogen-bond acceptors (Lipinski definition) is 1. The van der Waals surface area contributed by atoms with Crippen molar-refractivity contribution >= 4 is 16.6 Å². The molecular weight excluding hydrogens is 244 g/mol. The number of allylic oxidation sites excluding steroid dienone is 1. The highest BCUT2D eigenvalue weighted by atomic mass is 15.1. The van der Waals surface area contributed by atoms with Crippen LogP contribution in [0.25, 0.3) is 16.6 Å². The quantitative estimate of drug-likeness (QED) is 0.758. The number of aromatic nitrogens is 1. The lowest BCUT2D eigenvalue weighted by atomic mass is 9.96. The summed E-state index contributed by atoms with van der Waals surface area (Å²) in [7, 11) is 2.22. The molecule has 1 fully saturated rings. The SMILES string of the molecule is Cn1c2c(c3ccccc31)C(N1CCCCC1)=CCC2. The third-order valence-electron chi connectivity index (χ3n) is 4.90. The summed E-state index contributed by atoms with van der Waals surface area (Å²) in [5.41, 5.74) is 5.91. The number of benzene rings is 1. The van der Waals surface area contributed by atoms with Crippen molar-refractivity contribution in [2.75, 3.05) is 13.1 Å². The van der Waals surface area contributed by atoms with Gasteiger partial charge in [0.1, 0.15) is 0 Å². The number of fused-ring (bicyclic) bond motifs is 3. The van der Waals surface area contributed by atoms with Crippen molar-refractivity contribution in [3.8, 4) is 0 Å². The zero-order chi connectivity index (χ0) is 13.5. The van der Waals surface area contributed by atoms with Crippen LogP contribution in [-0.2, 0) is 13.5 Å². The maximum absolute atomic E-state index is 2.62.